The van der Waals surface area contributed by atoms with Crippen LogP contribution < -0.4 is 5.32 Å². The number of nitrogens with one attached hydrogen (secondary N) is 2. The summed E-state index contributed by atoms with van der Waals surface area (Å²) in [6.45, 7) is 7.40. The van der Waals surface area contributed by atoms with E-state index in [9.17, 15) is 9.50 Å². The summed E-state index contributed by atoms with van der Waals surface area (Å²) in [6, 6.07) is 5.90. The summed E-state index contributed by atoms with van der Waals surface area (Å²) in [5.74, 6) is -0.299. The van der Waals surface area contributed by atoms with Crippen molar-refractivity contribution in [2.24, 2.45) is 0 Å². The lowest BCUT2D eigenvalue weighted by atomic mass is 9.89. The van der Waals surface area contributed by atoms with Gasteiger partial charge < -0.3 is 10.4 Å². The zero-order valence-electron chi connectivity index (χ0n) is 12.7. The van der Waals surface area contributed by atoms with Crippen LogP contribution >= 0.6 is 0 Å². The van der Waals surface area contributed by atoms with E-state index in [2.05, 4.69) is 36.3 Å². The van der Waals surface area contributed by atoms with Crippen molar-refractivity contribution in [3.8, 4) is 0 Å². The Labute approximate surface area is 124 Å². The maximum Gasteiger partial charge on any atom is 0.123 e. The molecule has 5 heteroatoms. The van der Waals surface area contributed by atoms with Crippen LogP contribution in [0.4, 0.5) is 4.39 Å². The molecule has 0 radical (unpaired) electrons. The van der Waals surface area contributed by atoms with E-state index >= 15 is 0 Å². The lowest BCUT2D eigenvalue weighted by Gasteiger charge is -2.19. The molecule has 0 aliphatic carbocycles. The van der Waals surface area contributed by atoms with Gasteiger partial charge in [0, 0.05) is 29.8 Å². The molecular weight excluding hydrogens is 269 g/mol. The summed E-state index contributed by atoms with van der Waals surface area (Å²) in [4.78, 5) is 0. The highest BCUT2D eigenvalue weighted by Gasteiger charge is 2.19. The molecule has 2 rings (SSSR count). The van der Waals surface area contributed by atoms with Crippen LogP contribution in [0.2, 0.25) is 0 Å². The number of rotatable bonds is 5. The van der Waals surface area contributed by atoms with Crippen LogP contribution in [0.25, 0.3) is 0 Å². The third kappa shape index (κ3) is 4.12. The van der Waals surface area contributed by atoms with Crippen LogP contribution in [0.1, 0.15) is 43.7 Å². The molecule has 1 atom stereocenters. The Balaban J connectivity index is 1.90. The van der Waals surface area contributed by atoms with Crippen molar-refractivity contribution in [3.63, 3.8) is 0 Å². The molecule has 21 heavy (non-hydrogen) atoms. The van der Waals surface area contributed by atoms with Crippen LogP contribution in [-0.4, -0.2) is 21.8 Å². The standard InChI is InChI=1S/C16H22FN3O/c1-16(2,3)15-12(9-19-20-15)8-18-10-14(21)11-4-6-13(17)7-5-11/h4-7,9,14,18,21H,8,10H2,1-3H3,(H,19,20). The van der Waals surface area contributed by atoms with E-state index in [0.717, 1.165) is 11.3 Å². The number of nitrogens with zero attached hydrogens (tertiary/aromatic N) is 1. The van der Waals surface area contributed by atoms with Crippen LogP contribution in [-0.2, 0) is 12.0 Å². The lowest BCUT2D eigenvalue weighted by Crippen LogP contribution is -2.23. The van der Waals surface area contributed by atoms with Gasteiger partial charge in [-0.2, -0.15) is 5.10 Å². The highest BCUT2D eigenvalue weighted by molar-refractivity contribution is 5.23. The van der Waals surface area contributed by atoms with Crippen LogP contribution in [0.3, 0.4) is 0 Å². The molecule has 1 heterocycles. The summed E-state index contributed by atoms with van der Waals surface area (Å²) in [5, 5.41) is 20.4. The lowest BCUT2D eigenvalue weighted by molar-refractivity contribution is 0.174. The van der Waals surface area contributed by atoms with Crippen molar-refractivity contribution < 1.29 is 9.50 Å². The molecule has 1 aromatic heterocycles. The maximum absolute atomic E-state index is 12.8. The van der Waals surface area contributed by atoms with E-state index in [-0.39, 0.29) is 11.2 Å². The van der Waals surface area contributed by atoms with Crippen molar-refractivity contribution in [2.75, 3.05) is 6.54 Å². The number of H-pyrrole nitrogens is 1. The molecule has 0 aliphatic heterocycles. The first-order valence-electron chi connectivity index (χ1n) is 7.05. The first kappa shape index (κ1) is 15.7. The Morgan fingerprint density at radius 2 is 1.95 bits per heavy atom. The number of aromatic amines is 1. The summed E-state index contributed by atoms with van der Waals surface area (Å²) >= 11 is 0. The van der Waals surface area contributed by atoms with Crippen molar-refractivity contribution in [1.29, 1.82) is 0 Å². The smallest absolute Gasteiger partial charge is 0.123 e. The zero-order valence-corrected chi connectivity index (χ0v) is 12.7. The van der Waals surface area contributed by atoms with Crippen molar-refractivity contribution >= 4 is 0 Å². The average molecular weight is 291 g/mol. The zero-order chi connectivity index (χ0) is 15.5. The van der Waals surface area contributed by atoms with Gasteiger partial charge in [0.25, 0.3) is 0 Å². The molecule has 0 spiro atoms. The monoisotopic (exact) mass is 291 g/mol. The minimum Gasteiger partial charge on any atom is -0.387 e. The Morgan fingerprint density at radius 3 is 2.57 bits per heavy atom. The second kappa shape index (κ2) is 6.37. The predicted octanol–water partition coefficient (Wildman–Crippen LogP) is 2.67. The molecule has 3 N–H and O–H groups in total. The topological polar surface area (TPSA) is 60.9 Å². The third-order valence-electron chi connectivity index (χ3n) is 3.38. The van der Waals surface area contributed by atoms with Gasteiger partial charge in [0.05, 0.1) is 12.3 Å². The van der Waals surface area contributed by atoms with Crippen LogP contribution in [0, 0.1) is 5.82 Å². The second-order valence-corrected chi connectivity index (χ2v) is 6.22. The van der Waals surface area contributed by atoms with Crippen molar-refractivity contribution in [2.45, 2.75) is 38.8 Å². The van der Waals surface area contributed by atoms with Gasteiger partial charge in [0.1, 0.15) is 5.82 Å². The normalized spacial score (nSPS) is 13.4. The quantitative estimate of drug-likeness (QED) is 0.793. The number of hydrogen-bond donors (Lipinski definition) is 3. The Kier molecular flexibility index (Phi) is 4.75. The summed E-state index contributed by atoms with van der Waals surface area (Å²) in [5.41, 5.74) is 2.88. The van der Waals surface area contributed by atoms with Crippen LogP contribution in [0.15, 0.2) is 30.5 Å². The van der Waals surface area contributed by atoms with Gasteiger partial charge in [-0.25, -0.2) is 4.39 Å². The molecule has 0 bridgehead atoms. The number of aliphatic hydroxyl groups excluding tert-OH is 1. The minimum absolute atomic E-state index is 0.00306. The highest BCUT2D eigenvalue weighted by Crippen LogP contribution is 2.23. The molecule has 0 amide bonds. The number of hydrogen-bond acceptors (Lipinski definition) is 3. The van der Waals surface area contributed by atoms with Gasteiger partial charge in [0.2, 0.25) is 0 Å². The largest absolute Gasteiger partial charge is 0.387 e. The molecule has 114 valence electrons. The molecule has 0 saturated heterocycles. The number of halogens is 1. The minimum atomic E-state index is -0.657. The van der Waals surface area contributed by atoms with E-state index in [1.807, 2.05) is 0 Å². The molecule has 2 aromatic rings. The van der Waals surface area contributed by atoms with E-state index in [1.54, 1.807) is 18.3 Å². The van der Waals surface area contributed by atoms with Crippen molar-refractivity contribution in [1.82, 2.24) is 15.5 Å². The Morgan fingerprint density at radius 1 is 1.29 bits per heavy atom. The van der Waals surface area contributed by atoms with Gasteiger partial charge in [-0.05, 0) is 17.7 Å². The van der Waals surface area contributed by atoms with Crippen molar-refractivity contribution in [3.05, 3.63) is 53.1 Å². The maximum atomic E-state index is 12.8. The molecule has 4 nitrogen and oxygen atoms in total. The van der Waals surface area contributed by atoms with E-state index < -0.39 is 6.10 Å². The summed E-state index contributed by atoms with van der Waals surface area (Å²) in [6.07, 6.45) is 1.15. The van der Waals surface area contributed by atoms with E-state index in [4.69, 9.17) is 0 Å². The van der Waals surface area contributed by atoms with Gasteiger partial charge in [0.15, 0.2) is 0 Å². The molecule has 1 unspecified atom stereocenters. The second-order valence-electron chi connectivity index (χ2n) is 6.22. The fraction of sp³-hybridized carbons (Fsp3) is 0.438. The van der Waals surface area contributed by atoms with Crippen LogP contribution in [0.5, 0.6) is 0 Å². The predicted molar refractivity (Wildman–Crippen MR) is 80.4 cm³/mol. The van der Waals surface area contributed by atoms with Gasteiger partial charge in [-0.15, -0.1) is 0 Å². The molecule has 0 aliphatic rings. The van der Waals surface area contributed by atoms with Gasteiger partial charge in [-0.3, -0.25) is 5.10 Å². The average Bonchev–Trinajstić information content (AvgIpc) is 2.88. The van der Waals surface area contributed by atoms with E-state index in [0.29, 0.717) is 18.7 Å². The third-order valence-corrected chi connectivity index (χ3v) is 3.38. The first-order chi connectivity index (χ1) is 9.88. The molecule has 0 saturated carbocycles. The SMILES string of the molecule is CC(C)(C)c1[nH]ncc1CNCC(O)c1ccc(F)cc1. The Hall–Kier alpha value is -1.72. The first-order valence-corrected chi connectivity index (χ1v) is 7.05. The molecular formula is C16H22FN3O. The molecule has 0 fully saturated rings. The summed E-state index contributed by atoms with van der Waals surface area (Å²) < 4.78 is 12.8. The van der Waals surface area contributed by atoms with E-state index in [1.165, 1.54) is 12.1 Å². The Bertz CT molecular complexity index is 572. The van der Waals surface area contributed by atoms with Gasteiger partial charge in [-0.1, -0.05) is 32.9 Å². The fourth-order valence-corrected chi connectivity index (χ4v) is 2.24. The number of aromatic nitrogens is 2. The molecule has 1 aromatic carbocycles. The fourth-order valence-electron chi connectivity index (χ4n) is 2.24. The number of aliphatic hydroxyl groups is 1. The highest BCUT2D eigenvalue weighted by atomic mass is 19.1. The van der Waals surface area contributed by atoms with Gasteiger partial charge >= 0.3 is 0 Å². The number of benzene rings is 1. The summed E-state index contributed by atoms with van der Waals surface area (Å²) in [7, 11) is 0.